The maximum absolute atomic E-state index is 11.9. The number of aromatic nitrogens is 1. The molecule has 0 fully saturated rings. The quantitative estimate of drug-likeness (QED) is 0.919. The van der Waals surface area contributed by atoms with Crippen LogP contribution in [0.1, 0.15) is 10.5 Å². The van der Waals surface area contributed by atoms with Gasteiger partial charge in [-0.1, -0.05) is 18.2 Å². The molecule has 4 nitrogen and oxygen atoms in total. The Morgan fingerprint density at radius 1 is 1.17 bits per heavy atom. The number of carbonyl (C=O) groups is 1. The van der Waals surface area contributed by atoms with Crippen LogP contribution in [0.5, 0.6) is 0 Å². The summed E-state index contributed by atoms with van der Waals surface area (Å²) in [5.74, 6) is -0.312. The molecule has 1 amide bonds. The van der Waals surface area contributed by atoms with Crippen molar-refractivity contribution in [3.63, 3.8) is 0 Å². The average molecular weight is 260 g/mol. The Morgan fingerprint density at radius 3 is 2.56 bits per heavy atom. The van der Waals surface area contributed by atoms with Gasteiger partial charge in [0.05, 0.1) is 21.4 Å². The van der Waals surface area contributed by atoms with Crippen molar-refractivity contribution in [1.82, 2.24) is 4.98 Å². The summed E-state index contributed by atoms with van der Waals surface area (Å²) in [6.45, 7) is 0. The van der Waals surface area contributed by atoms with Crippen molar-refractivity contribution < 1.29 is 9.00 Å². The Balaban J connectivity index is 2.25. The van der Waals surface area contributed by atoms with Crippen LogP contribution < -0.4 is 5.32 Å². The molecule has 1 aromatic carbocycles. The van der Waals surface area contributed by atoms with E-state index in [0.29, 0.717) is 16.3 Å². The van der Waals surface area contributed by atoms with E-state index in [-0.39, 0.29) is 5.91 Å². The lowest BCUT2D eigenvalue weighted by Crippen LogP contribution is -2.14. The van der Waals surface area contributed by atoms with E-state index in [9.17, 15) is 9.00 Å². The topological polar surface area (TPSA) is 59.1 Å². The molecule has 0 saturated heterocycles. The number of rotatable bonds is 3. The van der Waals surface area contributed by atoms with Gasteiger partial charge >= 0.3 is 0 Å². The Hall–Kier alpha value is -2.01. The molecule has 0 saturated carbocycles. The summed E-state index contributed by atoms with van der Waals surface area (Å²) in [5, 5.41) is 2.71. The summed E-state index contributed by atoms with van der Waals surface area (Å²) in [6.07, 6.45) is 3.13. The Morgan fingerprint density at radius 2 is 1.89 bits per heavy atom. The molecule has 5 heteroatoms. The molecule has 18 heavy (non-hydrogen) atoms. The number of carbonyl (C=O) groups excluding carboxylic acids is 1. The molecule has 0 spiro atoms. The van der Waals surface area contributed by atoms with Crippen molar-refractivity contribution in [3.05, 3.63) is 54.4 Å². The smallest absolute Gasteiger partial charge is 0.274 e. The summed E-state index contributed by atoms with van der Waals surface area (Å²) in [5.41, 5.74) is 0.878. The number of nitrogens with zero attached hydrogens (tertiary/aromatic N) is 1. The number of benzene rings is 1. The van der Waals surface area contributed by atoms with Crippen molar-refractivity contribution in [1.29, 1.82) is 0 Å². The zero-order valence-corrected chi connectivity index (χ0v) is 10.6. The molecular formula is C13H12N2O2S. The van der Waals surface area contributed by atoms with Crippen LogP contribution >= 0.6 is 0 Å². The van der Waals surface area contributed by atoms with Crippen LogP contribution in [0.15, 0.2) is 53.6 Å². The minimum Gasteiger partial charge on any atom is -0.320 e. The van der Waals surface area contributed by atoms with Crippen LogP contribution in [0.3, 0.4) is 0 Å². The number of nitrogens with one attached hydrogen (secondary N) is 1. The third-order valence-electron chi connectivity index (χ3n) is 2.34. The third kappa shape index (κ3) is 2.81. The molecule has 1 heterocycles. The number of hydrogen-bond acceptors (Lipinski definition) is 3. The first kappa shape index (κ1) is 12.4. The average Bonchev–Trinajstić information content (AvgIpc) is 2.40. The molecule has 0 bridgehead atoms. The SMILES string of the molecule is CS(=O)c1ccccc1NC(=O)c1ccccn1. The van der Waals surface area contributed by atoms with E-state index in [1.165, 1.54) is 0 Å². The molecule has 0 aliphatic heterocycles. The monoisotopic (exact) mass is 260 g/mol. The highest BCUT2D eigenvalue weighted by atomic mass is 32.2. The first-order valence-electron chi connectivity index (χ1n) is 5.33. The zero-order valence-electron chi connectivity index (χ0n) is 9.79. The number of para-hydroxylation sites is 1. The molecule has 0 aliphatic carbocycles. The van der Waals surface area contributed by atoms with Gasteiger partial charge in [0.1, 0.15) is 5.69 Å². The number of hydrogen-bond donors (Lipinski definition) is 1. The highest BCUT2D eigenvalue weighted by Gasteiger charge is 2.10. The summed E-state index contributed by atoms with van der Waals surface area (Å²) < 4.78 is 11.5. The molecule has 1 N–H and O–H groups in total. The first-order valence-corrected chi connectivity index (χ1v) is 6.89. The van der Waals surface area contributed by atoms with Gasteiger partial charge in [0.2, 0.25) is 0 Å². The fourth-order valence-electron chi connectivity index (χ4n) is 1.50. The first-order chi connectivity index (χ1) is 8.68. The van der Waals surface area contributed by atoms with Gasteiger partial charge in [-0.15, -0.1) is 0 Å². The second kappa shape index (κ2) is 5.55. The van der Waals surface area contributed by atoms with Gasteiger partial charge < -0.3 is 5.32 Å². The largest absolute Gasteiger partial charge is 0.320 e. The standard InChI is InChI=1S/C13H12N2O2S/c1-18(17)12-8-3-2-6-10(12)15-13(16)11-7-4-5-9-14-11/h2-9H,1H3,(H,15,16). The molecule has 1 unspecified atom stereocenters. The predicted molar refractivity (Wildman–Crippen MR) is 71.0 cm³/mol. The van der Waals surface area contributed by atoms with E-state index in [1.807, 2.05) is 0 Å². The second-order valence-corrected chi connectivity index (χ2v) is 4.97. The van der Waals surface area contributed by atoms with Crippen molar-refractivity contribution in [3.8, 4) is 0 Å². The van der Waals surface area contributed by atoms with Gasteiger partial charge in [-0.25, -0.2) is 0 Å². The van der Waals surface area contributed by atoms with Gasteiger partial charge in [0, 0.05) is 12.5 Å². The minimum atomic E-state index is -1.15. The molecule has 1 atom stereocenters. The van der Waals surface area contributed by atoms with Crippen LogP contribution in [0.4, 0.5) is 5.69 Å². The third-order valence-corrected chi connectivity index (χ3v) is 3.32. The number of anilines is 1. The number of amides is 1. The van der Waals surface area contributed by atoms with Crippen LogP contribution in [0.2, 0.25) is 0 Å². The van der Waals surface area contributed by atoms with Crippen molar-refractivity contribution in [2.75, 3.05) is 11.6 Å². The van der Waals surface area contributed by atoms with Crippen LogP contribution in [0, 0.1) is 0 Å². The zero-order chi connectivity index (χ0) is 13.0. The second-order valence-electron chi connectivity index (χ2n) is 3.62. The maximum Gasteiger partial charge on any atom is 0.274 e. The van der Waals surface area contributed by atoms with E-state index < -0.39 is 10.8 Å². The van der Waals surface area contributed by atoms with Gasteiger partial charge in [-0.3, -0.25) is 14.0 Å². The van der Waals surface area contributed by atoms with Crippen molar-refractivity contribution >= 4 is 22.4 Å². The lowest BCUT2D eigenvalue weighted by Gasteiger charge is -2.08. The molecule has 1 aromatic heterocycles. The van der Waals surface area contributed by atoms with E-state index >= 15 is 0 Å². The molecule has 0 aliphatic rings. The lowest BCUT2D eigenvalue weighted by atomic mass is 10.3. The van der Waals surface area contributed by atoms with Gasteiger partial charge in [0.15, 0.2) is 0 Å². The maximum atomic E-state index is 11.9. The molecule has 92 valence electrons. The Bertz CT molecular complexity index is 585. The highest BCUT2D eigenvalue weighted by molar-refractivity contribution is 7.84. The molecule has 2 rings (SSSR count). The minimum absolute atomic E-state index is 0.312. The molecule has 0 radical (unpaired) electrons. The Kier molecular flexibility index (Phi) is 3.84. The fourth-order valence-corrected chi connectivity index (χ4v) is 2.20. The lowest BCUT2D eigenvalue weighted by molar-refractivity contribution is 0.102. The summed E-state index contributed by atoms with van der Waals surface area (Å²) in [6, 6.07) is 12.1. The predicted octanol–water partition coefficient (Wildman–Crippen LogP) is 2.07. The van der Waals surface area contributed by atoms with Crippen LogP contribution in [0.25, 0.3) is 0 Å². The van der Waals surface area contributed by atoms with Crippen molar-refractivity contribution in [2.45, 2.75) is 4.90 Å². The number of pyridine rings is 1. The van der Waals surface area contributed by atoms with Gasteiger partial charge in [-0.2, -0.15) is 0 Å². The fraction of sp³-hybridized carbons (Fsp3) is 0.0769. The summed E-state index contributed by atoms with van der Waals surface area (Å²) >= 11 is 0. The van der Waals surface area contributed by atoms with E-state index in [4.69, 9.17) is 0 Å². The normalized spacial score (nSPS) is 11.8. The Labute approximate surface area is 108 Å². The van der Waals surface area contributed by atoms with E-state index in [0.717, 1.165) is 0 Å². The summed E-state index contributed by atoms with van der Waals surface area (Å²) in [4.78, 5) is 16.5. The van der Waals surface area contributed by atoms with Gasteiger partial charge in [-0.05, 0) is 24.3 Å². The van der Waals surface area contributed by atoms with Crippen LogP contribution in [-0.4, -0.2) is 21.4 Å². The molecular weight excluding hydrogens is 248 g/mol. The van der Waals surface area contributed by atoms with Crippen LogP contribution in [-0.2, 0) is 10.8 Å². The highest BCUT2D eigenvalue weighted by Crippen LogP contribution is 2.18. The summed E-state index contributed by atoms with van der Waals surface area (Å²) in [7, 11) is -1.15. The van der Waals surface area contributed by atoms with Crippen molar-refractivity contribution in [2.24, 2.45) is 0 Å². The van der Waals surface area contributed by atoms with Gasteiger partial charge in [0.25, 0.3) is 5.91 Å². The molecule has 2 aromatic rings. The van der Waals surface area contributed by atoms with E-state index in [1.54, 1.807) is 54.9 Å². The van der Waals surface area contributed by atoms with E-state index in [2.05, 4.69) is 10.3 Å².